The molecule has 1 amide bonds. The van der Waals surface area contributed by atoms with Crippen LogP contribution < -0.4 is 5.32 Å². The summed E-state index contributed by atoms with van der Waals surface area (Å²) < 4.78 is 7.47. The van der Waals surface area contributed by atoms with Crippen LogP contribution in [0.4, 0.5) is 0 Å². The normalized spacial score (nSPS) is 15.8. The van der Waals surface area contributed by atoms with Crippen molar-refractivity contribution >= 4 is 17.5 Å². The van der Waals surface area contributed by atoms with E-state index in [2.05, 4.69) is 10.4 Å². The summed E-state index contributed by atoms with van der Waals surface area (Å²) in [5.74, 6) is 0.925. The molecule has 0 saturated heterocycles. The van der Waals surface area contributed by atoms with Crippen LogP contribution in [0, 0.1) is 13.8 Å². The molecule has 5 nitrogen and oxygen atoms in total. The Hall–Kier alpha value is -1.75. The number of carbonyl (C=O) groups is 1. The fourth-order valence-corrected chi connectivity index (χ4v) is 3.20. The Morgan fingerprint density at radius 3 is 2.74 bits per heavy atom. The predicted molar refractivity (Wildman–Crippen MR) is 88.9 cm³/mol. The van der Waals surface area contributed by atoms with Crippen molar-refractivity contribution in [1.29, 1.82) is 0 Å². The zero-order chi connectivity index (χ0) is 16.4. The summed E-state index contributed by atoms with van der Waals surface area (Å²) in [6.45, 7) is 4.26. The second-order valence-electron chi connectivity index (χ2n) is 6.22. The number of rotatable bonds is 4. The maximum Gasteiger partial charge on any atom is 0.287 e. The standard InChI is InChI=1S/C17H22ClN3O2/c1-11-16(18)12(2)21(20-11)10-14-8-9-15(23-14)17(22)19-13-6-4-3-5-7-13/h8-9,13H,3-7,10H2,1-2H3,(H,19,22). The molecule has 2 aromatic heterocycles. The number of amides is 1. The van der Waals surface area contributed by atoms with E-state index >= 15 is 0 Å². The molecule has 6 heteroatoms. The van der Waals surface area contributed by atoms with Crippen LogP contribution in [0.5, 0.6) is 0 Å². The smallest absolute Gasteiger partial charge is 0.287 e. The van der Waals surface area contributed by atoms with Gasteiger partial charge in [0.15, 0.2) is 5.76 Å². The first kappa shape index (κ1) is 16.1. The Morgan fingerprint density at radius 2 is 2.09 bits per heavy atom. The molecule has 0 aromatic carbocycles. The van der Waals surface area contributed by atoms with E-state index in [4.69, 9.17) is 16.0 Å². The van der Waals surface area contributed by atoms with Gasteiger partial charge in [0.2, 0.25) is 0 Å². The van der Waals surface area contributed by atoms with Gasteiger partial charge in [-0.3, -0.25) is 9.48 Å². The topological polar surface area (TPSA) is 60.1 Å². The number of aromatic nitrogens is 2. The molecule has 2 aromatic rings. The van der Waals surface area contributed by atoms with E-state index in [1.807, 2.05) is 19.9 Å². The Kier molecular flexibility index (Phi) is 4.76. The number of nitrogens with zero attached hydrogens (tertiary/aromatic N) is 2. The Labute approximate surface area is 141 Å². The fraction of sp³-hybridized carbons (Fsp3) is 0.529. The summed E-state index contributed by atoms with van der Waals surface area (Å²) in [7, 11) is 0. The molecule has 3 rings (SSSR count). The van der Waals surface area contributed by atoms with E-state index in [0.717, 1.165) is 24.2 Å². The lowest BCUT2D eigenvalue weighted by molar-refractivity contribution is 0.0897. The summed E-state index contributed by atoms with van der Waals surface area (Å²) in [6, 6.07) is 3.82. The van der Waals surface area contributed by atoms with Crippen molar-refractivity contribution < 1.29 is 9.21 Å². The summed E-state index contributed by atoms with van der Waals surface area (Å²) in [4.78, 5) is 12.3. The van der Waals surface area contributed by atoms with Gasteiger partial charge < -0.3 is 9.73 Å². The Morgan fingerprint density at radius 1 is 1.35 bits per heavy atom. The SMILES string of the molecule is Cc1nn(Cc2ccc(C(=O)NC3CCCCC3)o2)c(C)c1Cl. The average Bonchev–Trinajstić information content (AvgIpc) is 3.10. The number of halogens is 1. The largest absolute Gasteiger partial charge is 0.454 e. The van der Waals surface area contributed by atoms with Gasteiger partial charge in [0, 0.05) is 6.04 Å². The molecule has 124 valence electrons. The second-order valence-corrected chi connectivity index (χ2v) is 6.59. The van der Waals surface area contributed by atoms with E-state index in [-0.39, 0.29) is 11.9 Å². The van der Waals surface area contributed by atoms with Gasteiger partial charge in [-0.15, -0.1) is 0 Å². The zero-order valence-corrected chi connectivity index (χ0v) is 14.3. The molecule has 1 aliphatic carbocycles. The third kappa shape index (κ3) is 3.61. The predicted octanol–water partition coefficient (Wildman–Crippen LogP) is 3.86. The molecule has 0 atom stereocenters. The van der Waals surface area contributed by atoms with Crippen LogP contribution in [0.2, 0.25) is 5.02 Å². The number of carbonyl (C=O) groups excluding carboxylic acids is 1. The highest BCUT2D eigenvalue weighted by Gasteiger charge is 2.19. The van der Waals surface area contributed by atoms with Gasteiger partial charge in [-0.25, -0.2) is 0 Å². The first-order valence-corrected chi connectivity index (χ1v) is 8.51. The molecule has 23 heavy (non-hydrogen) atoms. The molecule has 2 heterocycles. The van der Waals surface area contributed by atoms with Crippen molar-refractivity contribution in [1.82, 2.24) is 15.1 Å². The van der Waals surface area contributed by atoms with Crippen LogP contribution in [0.1, 0.15) is 59.8 Å². The van der Waals surface area contributed by atoms with Crippen LogP contribution >= 0.6 is 11.6 Å². The fourth-order valence-electron chi connectivity index (χ4n) is 3.07. The van der Waals surface area contributed by atoms with Crippen LogP contribution in [0.25, 0.3) is 0 Å². The van der Waals surface area contributed by atoms with Crippen LogP contribution in [-0.4, -0.2) is 21.7 Å². The molecule has 1 fully saturated rings. The number of aryl methyl sites for hydroxylation is 1. The number of furan rings is 1. The van der Waals surface area contributed by atoms with E-state index in [9.17, 15) is 4.79 Å². The summed E-state index contributed by atoms with van der Waals surface area (Å²) >= 11 is 6.15. The first-order chi connectivity index (χ1) is 11.0. The molecule has 1 saturated carbocycles. The minimum Gasteiger partial charge on any atom is -0.454 e. The summed E-state index contributed by atoms with van der Waals surface area (Å²) in [5, 5.41) is 8.11. The molecule has 1 N–H and O–H groups in total. The van der Waals surface area contributed by atoms with Crippen molar-refractivity contribution in [3.05, 3.63) is 40.1 Å². The van der Waals surface area contributed by atoms with Gasteiger partial charge in [-0.05, 0) is 38.8 Å². The van der Waals surface area contributed by atoms with Crippen molar-refractivity contribution in [2.24, 2.45) is 0 Å². The molecule has 0 spiro atoms. The van der Waals surface area contributed by atoms with Gasteiger partial charge in [0.1, 0.15) is 5.76 Å². The molecule has 0 bridgehead atoms. The summed E-state index contributed by atoms with van der Waals surface area (Å²) in [6.07, 6.45) is 5.76. The highest BCUT2D eigenvalue weighted by atomic mass is 35.5. The van der Waals surface area contributed by atoms with Gasteiger partial charge in [0.05, 0.1) is 23.0 Å². The van der Waals surface area contributed by atoms with E-state index in [1.54, 1.807) is 10.7 Å². The molecular weight excluding hydrogens is 314 g/mol. The van der Waals surface area contributed by atoms with Crippen LogP contribution in [0.15, 0.2) is 16.5 Å². The lowest BCUT2D eigenvalue weighted by Crippen LogP contribution is -2.35. The molecular formula is C17H22ClN3O2. The quantitative estimate of drug-likeness (QED) is 0.923. The minimum atomic E-state index is -0.130. The highest BCUT2D eigenvalue weighted by Crippen LogP contribution is 2.21. The number of hydrogen-bond acceptors (Lipinski definition) is 3. The van der Waals surface area contributed by atoms with Crippen LogP contribution in [0.3, 0.4) is 0 Å². The maximum absolute atomic E-state index is 12.3. The van der Waals surface area contributed by atoms with Crippen LogP contribution in [-0.2, 0) is 6.54 Å². The first-order valence-electron chi connectivity index (χ1n) is 8.13. The molecule has 0 radical (unpaired) electrons. The highest BCUT2D eigenvalue weighted by molar-refractivity contribution is 6.31. The lowest BCUT2D eigenvalue weighted by Gasteiger charge is -2.22. The van der Waals surface area contributed by atoms with E-state index < -0.39 is 0 Å². The van der Waals surface area contributed by atoms with Crippen molar-refractivity contribution in [3.63, 3.8) is 0 Å². The second kappa shape index (κ2) is 6.79. The third-order valence-corrected chi connectivity index (χ3v) is 4.97. The Balaban J connectivity index is 1.65. The van der Waals surface area contributed by atoms with Gasteiger partial charge in [-0.2, -0.15) is 5.10 Å². The molecule has 0 unspecified atom stereocenters. The van der Waals surface area contributed by atoms with E-state index in [1.165, 1.54) is 19.3 Å². The summed E-state index contributed by atoms with van der Waals surface area (Å²) in [5.41, 5.74) is 1.69. The van der Waals surface area contributed by atoms with Crippen molar-refractivity contribution in [3.8, 4) is 0 Å². The molecule has 1 aliphatic rings. The van der Waals surface area contributed by atoms with Gasteiger partial charge >= 0.3 is 0 Å². The van der Waals surface area contributed by atoms with Crippen molar-refractivity contribution in [2.75, 3.05) is 0 Å². The zero-order valence-electron chi connectivity index (χ0n) is 13.6. The number of hydrogen-bond donors (Lipinski definition) is 1. The Bertz CT molecular complexity index is 699. The number of nitrogens with one attached hydrogen (secondary N) is 1. The van der Waals surface area contributed by atoms with Gasteiger partial charge in [-0.1, -0.05) is 30.9 Å². The minimum absolute atomic E-state index is 0.130. The monoisotopic (exact) mass is 335 g/mol. The van der Waals surface area contributed by atoms with Gasteiger partial charge in [0.25, 0.3) is 5.91 Å². The third-order valence-electron chi connectivity index (χ3n) is 4.42. The van der Waals surface area contributed by atoms with Crippen molar-refractivity contribution in [2.45, 2.75) is 58.5 Å². The lowest BCUT2D eigenvalue weighted by atomic mass is 9.95. The van der Waals surface area contributed by atoms with E-state index in [0.29, 0.717) is 23.1 Å². The molecule has 0 aliphatic heterocycles. The average molecular weight is 336 g/mol. The maximum atomic E-state index is 12.3.